The molecule has 29 heteroatoms. The first-order chi connectivity index (χ1) is 33.3. The van der Waals surface area contributed by atoms with Crippen molar-refractivity contribution in [3.8, 4) is 0 Å². The number of aromatic nitrogens is 4. The average Bonchev–Trinajstić information content (AvgIpc) is 3.84. The maximum Gasteiger partial charge on any atom is 0.481 e. The van der Waals surface area contributed by atoms with Crippen LogP contribution < -0.4 is 16.4 Å². The van der Waals surface area contributed by atoms with Crippen LogP contribution in [0.15, 0.2) is 36.9 Å². The van der Waals surface area contributed by atoms with E-state index in [1.54, 1.807) is 13.8 Å². The Morgan fingerprint density at radius 2 is 1.42 bits per heavy atom. The van der Waals surface area contributed by atoms with Crippen LogP contribution >= 0.6 is 23.5 Å². The number of amides is 2. The van der Waals surface area contributed by atoms with Crippen LogP contribution in [0.4, 0.5) is 5.82 Å². The summed E-state index contributed by atoms with van der Waals surface area (Å²) in [6.45, 7) is 7.48. The lowest BCUT2D eigenvalue weighted by molar-refractivity contribution is -0.147. The summed E-state index contributed by atoms with van der Waals surface area (Å²) in [5.74, 6) is -2.35. The van der Waals surface area contributed by atoms with E-state index in [-0.39, 0.29) is 48.7 Å². The monoisotopic (exact) mass is 1080 g/mol. The van der Waals surface area contributed by atoms with Crippen LogP contribution in [-0.2, 0) is 68.3 Å². The summed E-state index contributed by atoms with van der Waals surface area (Å²) < 4.78 is 62.6. The standard InChI is InChI=1S/C43H68N7O19P3/c1-41(2,19-11-9-15-27-13-7-8-14-28(27)16-10-12-20-42(3,4)40(56)57)30(51)17-21-45-31(52)18-22-46-38(55)35(54)43(5,6)24-66-72(63,64)69-71(61,62)65-23-29-34(68-70(58,59)60)33(53)39(67-29)50-26-49-32-36(44)47-25-48-37(32)50/h7-8,13-14,25-26,29,33-35,39,53-54H,9-12,15-24H2,1-6H3,(H,45,52)(H,46,55)(H,56,57)(H,61,62)(H,63,64)(H2,44,47,48)(H2,58,59,60). The lowest BCUT2D eigenvalue weighted by Gasteiger charge is -2.30. The number of anilines is 1. The molecule has 1 saturated heterocycles. The minimum atomic E-state index is -5.60. The number of ether oxygens (including phenoxy) is 1. The first kappa shape index (κ1) is 60.5. The smallest absolute Gasteiger partial charge is 0.481 e. The van der Waals surface area contributed by atoms with Crippen LogP contribution in [0.25, 0.3) is 11.2 Å². The fourth-order valence-electron chi connectivity index (χ4n) is 7.65. The highest BCUT2D eigenvalue weighted by molar-refractivity contribution is 7.61. The SMILES string of the molecule is CC(C)(CCCCc1ccccc1CCCCC(C)(C)C(=O)CCNC(=O)CCNC(=O)C(O)C(C)(C)COP(=O)(O)OP(=O)(O)OCC1OC(n2cnc3c(N)ncnc32)C(O)C1OP(=O)(O)O)C(=O)O. The minimum Gasteiger partial charge on any atom is -0.481 e. The highest BCUT2D eigenvalue weighted by atomic mass is 31.3. The van der Waals surface area contributed by atoms with Crippen molar-refractivity contribution in [3.63, 3.8) is 0 Å². The molecule has 404 valence electrons. The number of nitrogens with two attached hydrogens (primary N) is 1. The maximum atomic E-state index is 13.1. The number of hydrogen-bond acceptors (Lipinski definition) is 18. The number of nitrogen functional groups attached to an aromatic ring is 1. The van der Waals surface area contributed by atoms with Gasteiger partial charge < -0.3 is 56.0 Å². The number of carbonyl (C=O) groups is 4. The molecule has 26 nitrogen and oxygen atoms in total. The number of fused-ring (bicyclic) bond motifs is 1. The second-order valence-electron chi connectivity index (χ2n) is 19.5. The highest BCUT2D eigenvalue weighted by Crippen LogP contribution is 2.61. The van der Waals surface area contributed by atoms with Crippen molar-refractivity contribution in [2.45, 2.75) is 136 Å². The Kier molecular flexibility index (Phi) is 21.3. The molecular weight excluding hydrogens is 1010 g/mol. The number of phosphoric ester groups is 3. The highest BCUT2D eigenvalue weighted by Gasteiger charge is 2.50. The summed E-state index contributed by atoms with van der Waals surface area (Å²) in [7, 11) is -16.5. The van der Waals surface area contributed by atoms with Crippen LogP contribution in [0, 0.1) is 16.2 Å². The summed E-state index contributed by atoms with van der Waals surface area (Å²) in [4.78, 5) is 101. The lowest BCUT2D eigenvalue weighted by Crippen LogP contribution is -2.46. The second kappa shape index (κ2) is 25.4. The number of nitrogens with zero attached hydrogens (tertiary/aromatic N) is 4. The van der Waals surface area contributed by atoms with Crippen LogP contribution in [0.3, 0.4) is 0 Å². The van der Waals surface area contributed by atoms with Crippen LogP contribution in [0.1, 0.15) is 110 Å². The molecule has 7 atom stereocenters. The van der Waals surface area contributed by atoms with Crippen molar-refractivity contribution in [3.05, 3.63) is 48.0 Å². The number of carboxylic acids is 1. The van der Waals surface area contributed by atoms with Gasteiger partial charge in [-0.2, -0.15) is 4.31 Å². The number of aliphatic carboxylic acids is 1. The predicted molar refractivity (Wildman–Crippen MR) is 256 cm³/mol. The Labute approximate surface area is 416 Å². The molecule has 1 aromatic carbocycles. The molecule has 7 unspecified atom stereocenters. The predicted octanol–water partition coefficient (Wildman–Crippen LogP) is 3.63. The first-order valence-corrected chi connectivity index (χ1v) is 27.6. The number of carboxylic acid groups (broad SMARTS) is 1. The molecule has 4 rings (SSSR count). The van der Waals surface area contributed by atoms with Crippen molar-refractivity contribution in [1.29, 1.82) is 0 Å². The van der Waals surface area contributed by atoms with Gasteiger partial charge in [0.05, 0.1) is 25.0 Å². The third-order valence-electron chi connectivity index (χ3n) is 12.2. The third kappa shape index (κ3) is 18.1. The Morgan fingerprint density at radius 1 is 0.833 bits per heavy atom. The molecule has 1 fully saturated rings. The summed E-state index contributed by atoms with van der Waals surface area (Å²) >= 11 is 0. The third-order valence-corrected chi connectivity index (χ3v) is 15.3. The molecule has 1 aliphatic rings. The van der Waals surface area contributed by atoms with E-state index in [0.29, 0.717) is 12.8 Å². The molecule has 2 aromatic heterocycles. The normalized spacial score (nSPS) is 19.9. The Morgan fingerprint density at radius 3 is 2.01 bits per heavy atom. The van der Waals surface area contributed by atoms with Crippen molar-refractivity contribution in [2.24, 2.45) is 16.2 Å². The van der Waals surface area contributed by atoms with Gasteiger partial charge in [0.2, 0.25) is 11.8 Å². The Bertz CT molecular complexity index is 2500. The molecule has 0 radical (unpaired) electrons. The maximum absolute atomic E-state index is 13.1. The largest absolute Gasteiger partial charge is 0.481 e. The number of benzene rings is 1. The summed E-state index contributed by atoms with van der Waals surface area (Å²) in [5.41, 5.74) is 5.34. The number of aryl methyl sites for hydroxylation is 2. The van der Waals surface area contributed by atoms with Gasteiger partial charge in [0, 0.05) is 36.8 Å². The van der Waals surface area contributed by atoms with Crippen molar-refractivity contribution >= 4 is 64.0 Å². The molecule has 3 aromatic rings. The average molecular weight is 1080 g/mol. The Hall–Kier alpha value is -4.10. The number of ketones is 1. The van der Waals surface area contributed by atoms with Gasteiger partial charge in [0.15, 0.2) is 17.7 Å². The molecule has 3 heterocycles. The quantitative estimate of drug-likeness (QED) is 0.0325. The molecule has 2 amide bonds. The number of aliphatic hydroxyl groups excluding tert-OH is 2. The van der Waals surface area contributed by atoms with Gasteiger partial charge in [-0.05, 0) is 63.5 Å². The van der Waals surface area contributed by atoms with Crippen molar-refractivity contribution < 1.29 is 90.4 Å². The van der Waals surface area contributed by atoms with Gasteiger partial charge in [-0.25, -0.2) is 28.6 Å². The molecule has 0 aliphatic carbocycles. The van der Waals surface area contributed by atoms with Crippen LogP contribution in [-0.4, -0.2) is 129 Å². The van der Waals surface area contributed by atoms with Gasteiger partial charge in [-0.1, -0.05) is 64.8 Å². The summed E-state index contributed by atoms with van der Waals surface area (Å²) in [6, 6.07) is 8.20. The zero-order valence-electron chi connectivity index (χ0n) is 41.0. The zero-order valence-corrected chi connectivity index (χ0v) is 43.7. The van der Waals surface area contributed by atoms with Gasteiger partial charge >= 0.3 is 29.4 Å². The fourth-order valence-corrected chi connectivity index (χ4v) is 10.5. The number of rotatable bonds is 31. The van der Waals surface area contributed by atoms with E-state index in [4.69, 9.17) is 19.5 Å². The minimum absolute atomic E-state index is 0.0237. The molecule has 11 N–H and O–H groups in total. The fraction of sp³-hybridized carbons (Fsp3) is 0.651. The topological polar surface area (TPSA) is 401 Å². The van der Waals surface area contributed by atoms with E-state index in [0.717, 1.165) is 55.7 Å². The van der Waals surface area contributed by atoms with Gasteiger partial charge in [0.1, 0.15) is 42.0 Å². The molecule has 72 heavy (non-hydrogen) atoms. The Balaban J connectivity index is 1.15. The number of phosphoric acid groups is 3. The van der Waals surface area contributed by atoms with Crippen LogP contribution in [0.2, 0.25) is 0 Å². The van der Waals surface area contributed by atoms with Crippen LogP contribution in [0.5, 0.6) is 0 Å². The summed E-state index contributed by atoms with van der Waals surface area (Å²) in [5, 5.41) is 36.0. The molecule has 0 saturated carbocycles. The molecule has 1 aliphatic heterocycles. The van der Waals surface area contributed by atoms with Crippen molar-refractivity contribution in [1.82, 2.24) is 30.2 Å². The van der Waals surface area contributed by atoms with Gasteiger partial charge in [0.25, 0.3) is 0 Å². The van der Waals surface area contributed by atoms with E-state index in [2.05, 4.69) is 46.6 Å². The van der Waals surface area contributed by atoms with Gasteiger partial charge in [-0.3, -0.25) is 37.3 Å². The second-order valence-corrected chi connectivity index (χ2v) is 23.7. The number of imidazole rings is 1. The number of unbranched alkanes of at least 4 members (excludes halogenated alkanes) is 2. The zero-order chi connectivity index (χ0) is 53.9. The number of carbonyl (C=O) groups excluding carboxylic acids is 3. The number of nitrogens with one attached hydrogen (secondary N) is 2. The van der Waals surface area contributed by atoms with E-state index in [1.807, 2.05) is 26.0 Å². The van der Waals surface area contributed by atoms with E-state index < -0.39 is 101 Å². The lowest BCUT2D eigenvalue weighted by atomic mass is 9.81. The number of Topliss-reactive ketones (excluding diaryl/α,β-unsaturated/α-hetero) is 1. The van der Waals surface area contributed by atoms with Gasteiger partial charge in [-0.15, -0.1) is 0 Å². The van der Waals surface area contributed by atoms with E-state index in [1.165, 1.54) is 25.0 Å². The number of aliphatic hydroxyl groups is 2. The first-order valence-electron chi connectivity index (χ1n) is 23.1. The van der Waals surface area contributed by atoms with Crippen molar-refractivity contribution in [2.75, 3.05) is 32.0 Å². The number of hydrogen-bond donors (Lipinski definition) is 10. The summed E-state index contributed by atoms with van der Waals surface area (Å²) in [6.07, 6.45) is -0.618. The van der Waals surface area contributed by atoms with E-state index >= 15 is 0 Å². The molecular formula is C43H68N7O19P3. The molecule has 0 bridgehead atoms. The van der Waals surface area contributed by atoms with E-state index in [9.17, 15) is 67.8 Å². The molecule has 0 spiro atoms.